The molecule has 6 nitrogen and oxygen atoms in total. The Bertz CT molecular complexity index is 922. The average Bonchev–Trinajstić information content (AvgIpc) is 3.22. The lowest BCUT2D eigenvalue weighted by atomic mass is 10.1. The molecule has 0 radical (unpaired) electrons. The van der Waals surface area contributed by atoms with E-state index in [1.54, 1.807) is 5.38 Å². The van der Waals surface area contributed by atoms with Gasteiger partial charge in [-0.3, -0.25) is 14.5 Å². The number of aromatic nitrogens is 2. The van der Waals surface area contributed by atoms with Crippen molar-refractivity contribution in [2.75, 3.05) is 18.0 Å². The van der Waals surface area contributed by atoms with Crippen molar-refractivity contribution in [2.45, 2.75) is 20.3 Å². The fourth-order valence-electron chi connectivity index (χ4n) is 3.07. The van der Waals surface area contributed by atoms with E-state index in [0.717, 1.165) is 40.3 Å². The first-order valence-electron chi connectivity index (χ1n) is 9.02. The van der Waals surface area contributed by atoms with Gasteiger partial charge in [0.2, 0.25) is 5.91 Å². The first-order valence-corrected chi connectivity index (χ1v) is 9.85. The Morgan fingerprint density at radius 2 is 1.75 bits per heavy atom. The highest BCUT2D eigenvalue weighted by Gasteiger charge is 2.25. The second-order valence-corrected chi connectivity index (χ2v) is 7.12. The van der Waals surface area contributed by atoms with E-state index in [0.29, 0.717) is 6.54 Å². The molecule has 28 heavy (non-hydrogen) atoms. The van der Waals surface area contributed by atoms with Crippen LogP contribution in [0, 0.1) is 13.8 Å². The van der Waals surface area contributed by atoms with E-state index in [-0.39, 0.29) is 24.1 Å². The summed E-state index contributed by atoms with van der Waals surface area (Å²) in [7, 11) is 0. The number of amides is 2. The van der Waals surface area contributed by atoms with Crippen molar-refractivity contribution >= 4 is 29.0 Å². The number of carbonyl (C=O) groups is 2. The van der Waals surface area contributed by atoms with Crippen molar-refractivity contribution in [2.24, 2.45) is 0 Å². The van der Waals surface area contributed by atoms with Gasteiger partial charge in [-0.1, -0.05) is 53.0 Å². The Morgan fingerprint density at radius 1 is 1.04 bits per heavy atom. The minimum absolute atomic E-state index is 0.0726. The van der Waals surface area contributed by atoms with Crippen LogP contribution in [0.15, 0.2) is 53.9 Å². The van der Waals surface area contributed by atoms with Gasteiger partial charge in [-0.05, 0) is 48.5 Å². The molecule has 1 N–H and O–H groups in total. The number of aryl methyl sites for hydroxylation is 2. The molecule has 0 saturated heterocycles. The van der Waals surface area contributed by atoms with Crippen LogP contribution < -0.4 is 10.2 Å². The highest BCUT2D eigenvalue weighted by molar-refractivity contribution is 7.03. The molecule has 2 aromatic carbocycles. The van der Waals surface area contributed by atoms with Gasteiger partial charge in [0.15, 0.2) is 5.69 Å². The SMILES string of the molecule is Cc1cccc(C)c1N(CC(=O)NCCc1ccccc1)C(=O)c1csnn1. The Kier molecular flexibility index (Phi) is 6.49. The van der Waals surface area contributed by atoms with E-state index in [4.69, 9.17) is 0 Å². The molecule has 0 aliphatic heterocycles. The van der Waals surface area contributed by atoms with E-state index in [2.05, 4.69) is 14.9 Å². The maximum atomic E-state index is 13.0. The van der Waals surface area contributed by atoms with E-state index in [1.807, 2.05) is 62.4 Å². The third kappa shape index (κ3) is 4.80. The van der Waals surface area contributed by atoms with Gasteiger partial charge in [0.25, 0.3) is 5.91 Å². The van der Waals surface area contributed by atoms with Crippen LogP contribution in [0.5, 0.6) is 0 Å². The summed E-state index contributed by atoms with van der Waals surface area (Å²) >= 11 is 1.11. The largest absolute Gasteiger partial charge is 0.354 e. The van der Waals surface area contributed by atoms with Gasteiger partial charge in [-0.25, -0.2) is 0 Å². The molecular formula is C21H22N4O2S. The van der Waals surface area contributed by atoms with Gasteiger partial charge in [0.1, 0.15) is 6.54 Å². The Hall–Kier alpha value is -3.06. The predicted molar refractivity (Wildman–Crippen MR) is 111 cm³/mol. The summed E-state index contributed by atoms with van der Waals surface area (Å²) in [5.41, 5.74) is 3.98. The second kappa shape index (κ2) is 9.23. The lowest BCUT2D eigenvalue weighted by molar-refractivity contribution is -0.119. The number of nitrogens with one attached hydrogen (secondary N) is 1. The maximum absolute atomic E-state index is 13.0. The predicted octanol–water partition coefficient (Wildman–Crippen LogP) is 3.16. The first kappa shape index (κ1) is 19.7. The van der Waals surface area contributed by atoms with Gasteiger partial charge in [-0.15, -0.1) is 5.10 Å². The van der Waals surface area contributed by atoms with Crippen molar-refractivity contribution in [3.05, 3.63) is 76.3 Å². The molecule has 0 aliphatic carbocycles. The molecular weight excluding hydrogens is 372 g/mol. The van der Waals surface area contributed by atoms with Crippen LogP contribution >= 0.6 is 11.5 Å². The number of carbonyl (C=O) groups excluding carboxylic acids is 2. The Labute approximate surface area is 168 Å². The van der Waals surface area contributed by atoms with E-state index in [9.17, 15) is 9.59 Å². The van der Waals surface area contributed by atoms with Crippen LogP contribution in [-0.4, -0.2) is 34.5 Å². The highest BCUT2D eigenvalue weighted by Crippen LogP contribution is 2.26. The molecule has 0 bridgehead atoms. The molecule has 1 heterocycles. The average molecular weight is 395 g/mol. The molecule has 0 spiro atoms. The number of nitrogens with zero attached hydrogens (tertiary/aromatic N) is 3. The zero-order chi connectivity index (χ0) is 19.9. The molecule has 7 heteroatoms. The molecule has 3 aromatic rings. The minimum atomic E-state index is -0.329. The molecule has 0 unspecified atom stereocenters. The summed E-state index contributed by atoms with van der Waals surface area (Å²) in [6.45, 7) is 4.29. The lowest BCUT2D eigenvalue weighted by Gasteiger charge is -2.25. The first-order chi connectivity index (χ1) is 13.6. The number of anilines is 1. The fraction of sp³-hybridized carbons (Fsp3) is 0.238. The third-order valence-corrected chi connectivity index (χ3v) is 4.92. The van der Waals surface area contributed by atoms with Crippen LogP contribution in [0.2, 0.25) is 0 Å². The monoisotopic (exact) mass is 394 g/mol. The highest BCUT2D eigenvalue weighted by atomic mass is 32.1. The molecule has 144 valence electrons. The smallest absolute Gasteiger partial charge is 0.280 e. The van der Waals surface area contributed by atoms with Crippen molar-refractivity contribution < 1.29 is 9.59 Å². The van der Waals surface area contributed by atoms with Crippen LogP contribution in [0.3, 0.4) is 0 Å². The van der Waals surface area contributed by atoms with Gasteiger partial charge < -0.3 is 5.32 Å². The quantitative estimate of drug-likeness (QED) is 0.668. The summed E-state index contributed by atoms with van der Waals surface area (Å²) in [4.78, 5) is 27.1. The van der Waals surface area contributed by atoms with E-state index >= 15 is 0 Å². The second-order valence-electron chi connectivity index (χ2n) is 6.51. The van der Waals surface area contributed by atoms with Crippen molar-refractivity contribution in [1.82, 2.24) is 14.9 Å². The summed E-state index contributed by atoms with van der Waals surface area (Å²) in [5, 5.41) is 8.37. The Balaban J connectivity index is 1.74. The van der Waals surface area contributed by atoms with Gasteiger partial charge in [-0.2, -0.15) is 0 Å². The number of benzene rings is 2. The summed E-state index contributed by atoms with van der Waals surface area (Å²) in [6, 6.07) is 15.7. The van der Waals surface area contributed by atoms with Crippen LogP contribution in [0.25, 0.3) is 0 Å². The summed E-state index contributed by atoms with van der Waals surface area (Å²) in [6.07, 6.45) is 0.736. The summed E-state index contributed by atoms with van der Waals surface area (Å²) in [5.74, 6) is -0.542. The third-order valence-electron chi connectivity index (χ3n) is 4.41. The normalized spacial score (nSPS) is 10.5. The number of hydrogen-bond donors (Lipinski definition) is 1. The van der Waals surface area contributed by atoms with Crippen LogP contribution in [0.1, 0.15) is 27.2 Å². The molecule has 0 atom stereocenters. The van der Waals surface area contributed by atoms with Gasteiger partial charge in [0, 0.05) is 11.9 Å². The topological polar surface area (TPSA) is 75.2 Å². The van der Waals surface area contributed by atoms with Crippen LogP contribution in [0.4, 0.5) is 5.69 Å². The van der Waals surface area contributed by atoms with Crippen molar-refractivity contribution in [1.29, 1.82) is 0 Å². The van der Waals surface area contributed by atoms with Crippen molar-refractivity contribution in [3.8, 4) is 0 Å². The number of hydrogen-bond acceptors (Lipinski definition) is 5. The van der Waals surface area contributed by atoms with E-state index in [1.165, 1.54) is 4.90 Å². The minimum Gasteiger partial charge on any atom is -0.354 e. The summed E-state index contributed by atoms with van der Waals surface area (Å²) < 4.78 is 3.77. The molecule has 1 aromatic heterocycles. The van der Waals surface area contributed by atoms with Gasteiger partial charge in [0.05, 0.1) is 5.69 Å². The number of para-hydroxylation sites is 1. The molecule has 2 amide bonds. The fourth-order valence-corrected chi connectivity index (χ4v) is 3.50. The van der Waals surface area contributed by atoms with Gasteiger partial charge >= 0.3 is 0 Å². The molecule has 3 rings (SSSR count). The lowest BCUT2D eigenvalue weighted by Crippen LogP contribution is -2.42. The maximum Gasteiger partial charge on any atom is 0.280 e. The van der Waals surface area contributed by atoms with Crippen LogP contribution in [-0.2, 0) is 11.2 Å². The molecule has 0 saturated carbocycles. The Morgan fingerprint density at radius 3 is 2.39 bits per heavy atom. The molecule has 0 aliphatic rings. The standard InChI is InChI=1S/C21H22N4O2S/c1-15-7-6-8-16(2)20(15)25(21(27)18-14-28-24-23-18)13-19(26)22-12-11-17-9-4-3-5-10-17/h3-10,14H,11-13H2,1-2H3,(H,22,26). The number of rotatable bonds is 7. The molecule has 0 fully saturated rings. The zero-order valence-corrected chi connectivity index (χ0v) is 16.7. The zero-order valence-electron chi connectivity index (χ0n) is 15.9. The van der Waals surface area contributed by atoms with E-state index < -0.39 is 0 Å². The van der Waals surface area contributed by atoms with Crippen molar-refractivity contribution in [3.63, 3.8) is 0 Å².